The number of halogens is 1. The number of hydrogen-bond donors (Lipinski definition) is 0. The van der Waals surface area contributed by atoms with Crippen LogP contribution in [0.1, 0.15) is 45.1 Å². The first-order valence-electron chi connectivity index (χ1n) is 9.13. The monoisotopic (exact) mass is 394 g/mol. The molecule has 0 radical (unpaired) electrons. The van der Waals surface area contributed by atoms with E-state index in [0.717, 1.165) is 32.3 Å². The molecule has 0 N–H and O–H groups in total. The highest BCUT2D eigenvalue weighted by molar-refractivity contribution is 9.09. The fourth-order valence-corrected chi connectivity index (χ4v) is 5.67. The molecular weight excluding hydrogens is 368 g/mol. The Hall–Kier alpha value is -0.420. The van der Waals surface area contributed by atoms with Gasteiger partial charge in [-0.3, -0.25) is 0 Å². The van der Waals surface area contributed by atoms with Gasteiger partial charge in [-0.05, 0) is 45.1 Å². The van der Waals surface area contributed by atoms with E-state index in [9.17, 15) is 0 Å². The summed E-state index contributed by atoms with van der Waals surface area (Å²) < 4.78 is 19.1. The Bertz CT molecular complexity index is 576. The molecule has 0 aromatic heterocycles. The molecule has 1 aromatic carbocycles. The lowest BCUT2D eigenvalue weighted by Gasteiger charge is -2.36. The third-order valence-electron chi connectivity index (χ3n) is 6.10. The van der Waals surface area contributed by atoms with Crippen LogP contribution < -0.4 is 0 Å². The van der Waals surface area contributed by atoms with Crippen molar-refractivity contribution in [3.05, 3.63) is 35.9 Å². The summed E-state index contributed by atoms with van der Waals surface area (Å²) in [6, 6.07) is 10.5. The predicted octanol–water partition coefficient (Wildman–Crippen LogP) is 4.47. The van der Waals surface area contributed by atoms with Crippen molar-refractivity contribution in [2.45, 2.75) is 74.4 Å². The molecule has 3 aliphatic rings. The van der Waals surface area contributed by atoms with Gasteiger partial charge >= 0.3 is 0 Å². The van der Waals surface area contributed by atoms with E-state index in [1.807, 2.05) is 6.07 Å². The summed E-state index contributed by atoms with van der Waals surface area (Å²) in [5, 5.41) is 0. The van der Waals surface area contributed by atoms with Gasteiger partial charge in [0.2, 0.25) is 0 Å². The van der Waals surface area contributed by atoms with Crippen LogP contribution in [0.15, 0.2) is 30.3 Å². The SMILES string of the molecule is CC1(C)O[C@@H]2[C@@H](Br)CO[C@@]23CCC[C@H](OCc2ccccc2)C[C@H]13. The van der Waals surface area contributed by atoms with Crippen molar-refractivity contribution in [1.29, 1.82) is 0 Å². The number of rotatable bonds is 3. The zero-order valence-corrected chi connectivity index (χ0v) is 16.1. The van der Waals surface area contributed by atoms with Crippen molar-refractivity contribution in [3.8, 4) is 0 Å². The van der Waals surface area contributed by atoms with E-state index in [4.69, 9.17) is 14.2 Å². The minimum atomic E-state index is -0.157. The highest BCUT2D eigenvalue weighted by Crippen LogP contribution is 2.56. The lowest BCUT2D eigenvalue weighted by molar-refractivity contribution is -0.0605. The Morgan fingerprint density at radius 1 is 1.25 bits per heavy atom. The van der Waals surface area contributed by atoms with Gasteiger partial charge in [-0.15, -0.1) is 0 Å². The van der Waals surface area contributed by atoms with Gasteiger partial charge in [0.25, 0.3) is 0 Å². The Morgan fingerprint density at radius 2 is 2.04 bits per heavy atom. The highest BCUT2D eigenvalue weighted by Gasteiger charge is 2.65. The largest absolute Gasteiger partial charge is 0.374 e. The van der Waals surface area contributed by atoms with Crippen molar-refractivity contribution in [2.24, 2.45) is 5.92 Å². The van der Waals surface area contributed by atoms with Crippen molar-refractivity contribution in [2.75, 3.05) is 6.61 Å². The minimum Gasteiger partial charge on any atom is -0.374 e. The fourth-order valence-electron chi connectivity index (χ4n) is 4.98. The molecule has 1 saturated carbocycles. The Labute approximate surface area is 153 Å². The van der Waals surface area contributed by atoms with E-state index in [1.165, 1.54) is 5.56 Å². The Balaban J connectivity index is 1.50. The van der Waals surface area contributed by atoms with Crippen LogP contribution >= 0.6 is 15.9 Å². The molecule has 0 amide bonds. The molecule has 2 saturated heterocycles. The smallest absolute Gasteiger partial charge is 0.102 e. The van der Waals surface area contributed by atoms with Crippen molar-refractivity contribution in [1.82, 2.24) is 0 Å². The number of benzene rings is 1. The summed E-state index contributed by atoms with van der Waals surface area (Å²) in [6.45, 7) is 5.89. The third kappa shape index (κ3) is 2.86. The summed E-state index contributed by atoms with van der Waals surface area (Å²) in [6.07, 6.45) is 4.82. The molecule has 132 valence electrons. The van der Waals surface area contributed by atoms with Crippen LogP contribution in [-0.2, 0) is 20.8 Å². The van der Waals surface area contributed by atoms with E-state index >= 15 is 0 Å². The molecule has 3 fully saturated rings. The average molecular weight is 395 g/mol. The van der Waals surface area contributed by atoms with Gasteiger partial charge < -0.3 is 14.2 Å². The molecule has 2 heterocycles. The topological polar surface area (TPSA) is 27.7 Å². The zero-order valence-electron chi connectivity index (χ0n) is 14.5. The van der Waals surface area contributed by atoms with E-state index in [2.05, 4.69) is 54.0 Å². The van der Waals surface area contributed by atoms with E-state index < -0.39 is 0 Å². The van der Waals surface area contributed by atoms with Crippen molar-refractivity contribution < 1.29 is 14.2 Å². The summed E-state index contributed by atoms with van der Waals surface area (Å²) in [5.74, 6) is 0.390. The van der Waals surface area contributed by atoms with Crippen LogP contribution in [0.25, 0.3) is 0 Å². The molecule has 0 unspecified atom stereocenters. The highest BCUT2D eigenvalue weighted by atomic mass is 79.9. The first-order chi connectivity index (χ1) is 11.5. The average Bonchev–Trinajstić information content (AvgIpc) is 2.88. The Morgan fingerprint density at radius 3 is 2.83 bits per heavy atom. The summed E-state index contributed by atoms with van der Waals surface area (Å²) in [7, 11) is 0. The van der Waals surface area contributed by atoms with E-state index in [-0.39, 0.29) is 23.4 Å². The number of alkyl halides is 1. The number of ether oxygens (including phenoxy) is 3. The summed E-state index contributed by atoms with van der Waals surface area (Å²) in [5.41, 5.74) is 0.965. The van der Waals surface area contributed by atoms with Gasteiger partial charge in [0.15, 0.2) is 0 Å². The molecule has 5 atom stereocenters. The van der Waals surface area contributed by atoms with Crippen LogP contribution in [0.2, 0.25) is 0 Å². The van der Waals surface area contributed by atoms with Gasteiger partial charge in [0.05, 0.1) is 29.7 Å². The molecule has 3 nitrogen and oxygen atoms in total. The molecule has 4 heteroatoms. The maximum absolute atomic E-state index is 6.46. The first kappa shape index (κ1) is 17.0. The molecule has 24 heavy (non-hydrogen) atoms. The van der Waals surface area contributed by atoms with Crippen molar-refractivity contribution >= 4 is 15.9 Å². The van der Waals surface area contributed by atoms with Gasteiger partial charge in [-0.1, -0.05) is 46.3 Å². The fraction of sp³-hybridized carbons (Fsp3) is 0.700. The molecule has 2 aliphatic heterocycles. The van der Waals surface area contributed by atoms with Crippen LogP contribution in [0.3, 0.4) is 0 Å². The standard InChI is InChI=1S/C20H27BrO3/c1-19(2)17-11-15(22-12-14-7-4-3-5-8-14)9-6-10-20(17)18(24-19)16(21)13-23-20/h3-5,7-8,15-18H,6,9-13H2,1-2H3/t15-,16-,17+,18+,20+/m0/s1. The van der Waals surface area contributed by atoms with E-state index in [1.54, 1.807) is 0 Å². The second-order valence-corrected chi connectivity index (χ2v) is 9.20. The maximum atomic E-state index is 6.46. The molecule has 0 bridgehead atoms. The summed E-state index contributed by atoms with van der Waals surface area (Å²) in [4.78, 5) is 0.309. The first-order valence-corrected chi connectivity index (χ1v) is 10.0. The third-order valence-corrected chi connectivity index (χ3v) is 6.85. The maximum Gasteiger partial charge on any atom is 0.102 e. The van der Waals surface area contributed by atoms with E-state index in [0.29, 0.717) is 17.4 Å². The van der Waals surface area contributed by atoms with Gasteiger partial charge in [0.1, 0.15) is 11.7 Å². The molecule has 1 aromatic rings. The molecule has 4 rings (SSSR count). The summed E-state index contributed by atoms with van der Waals surface area (Å²) >= 11 is 3.77. The van der Waals surface area contributed by atoms with Crippen LogP contribution in [0, 0.1) is 5.92 Å². The van der Waals surface area contributed by atoms with Crippen LogP contribution in [0.5, 0.6) is 0 Å². The zero-order chi connectivity index (χ0) is 16.8. The quantitative estimate of drug-likeness (QED) is 0.707. The Kier molecular flexibility index (Phi) is 4.53. The van der Waals surface area contributed by atoms with Gasteiger partial charge in [0, 0.05) is 5.92 Å². The second kappa shape index (κ2) is 6.39. The molecule has 1 spiro atoms. The van der Waals surface area contributed by atoms with Crippen molar-refractivity contribution in [3.63, 3.8) is 0 Å². The van der Waals surface area contributed by atoms with Gasteiger partial charge in [-0.25, -0.2) is 0 Å². The predicted molar refractivity (Wildman–Crippen MR) is 97.3 cm³/mol. The second-order valence-electron chi connectivity index (χ2n) is 8.02. The molecular formula is C20H27BrO3. The van der Waals surface area contributed by atoms with Crippen LogP contribution in [0.4, 0.5) is 0 Å². The minimum absolute atomic E-state index is 0.122. The lowest BCUT2D eigenvalue weighted by Crippen LogP contribution is -2.45. The normalized spacial score (nSPS) is 40.8. The lowest BCUT2D eigenvalue weighted by atomic mass is 9.74. The number of hydrogen-bond acceptors (Lipinski definition) is 3. The van der Waals surface area contributed by atoms with Gasteiger partial charge in [-0.2, -0.15) is 0 Å². The van der Waals surface area contributed by atoms with Crippen LogP contribution in [-0.4, -0.2) is 34.8 Å². The molecule has 1 aliphatic carbocycles.